The highest BCUT2D eigenvalue weighted by atomic mass is 16.7. The lowest BCUT2D eigenvalue weighted by molar-refractivity contribution is -0.359. The highest BCUT2D eigenvalue weighted by Crippen LogP contribution is 2.30. The molecule has 12 atom stereocenters. The molecule has 9 N–H and O–H groups in total. The lowest BCUT2D eigenvalue weighted by Crippen LogP contribution is -2.65. The first-order valence-corrected chi connectivity index (χ1v) is 39.6. The third kappa shape index (κ3) is 45.9. The van der Waals surface area contributed by atoms with Gasteiger partial charge in [-0.1, -0.05) is 359 Å². The molecule has 1 amide bonds. The molecule has 2 heterocycles. The summed E-state index contributed by atoms with van der Waals surface area (Å²) >= 11 is 0. The summed E-state index contributed by atoms with van der Waals surface area (Å²) in [6.45, 7) is 2.84. The maximum absolute atomic E-state index is 13.4. The molecule has 0 aromatic rings. The Kier molecular flexibility index (Phi) is 59.2. The molecule has 12 unspecified atom stereocenters. The predicted molar refractivity (Wildman–Crippen MR) is 378 cm³/mol. The fraction of sp³-hybridized carbons (Fsp3) is 0.936. The van der Waals surface area contributed by atoms with Gasteiger partial charge in [-0.2, -0.15) is 0 Å². The number of hydrogen-bond donors (Lipinski definition) is 9. The molecule has 0 aliphatic carbocycles. The van der Waals surface area contributed by atoms with E-state index in [4.69, 9.17) is 18.9 Å². The van der Waals surface area contributed by atoms with E-state index in [9.17, 15) is 45.6 Å². The molecule has 0 aromatic carbocycles. The van der Waals surface area contributed by atoms with Gasteiger partial charge in [0.25, 0.3) is 0 Å². The molecule has 0 radical (unpaired) electrons. The summed E-state index contributed by atoms with van der Waals surface area (Å²) in [5.41, 5.74) is 0. The third-order valence-electron chi connectivity index (χ3n) is 19.6. The summed E-state index contributed by atoms with van der Waals surface area (Å²) in [6, 6.07) is -0.930. The molecular weight excluding hydrogens is 1160 g/mol. The molecule has 2 aliphatic heterocycles. The fourth-order valence-electron chi connectivity index (χ4n) is 13.4. The third-order valence-corrected chi connectivity index (χ3v) is 19.6. The van der Waals surface area contributed by atoms with Gasteiger partial charge in [0.05, 0.1) is 32.0 Å². The van der Waals surface area contributed by atoms with Crippen LogP contribution in [0.3, 0.4) is 0 Å². The first kappa shape index (κ1) is 86.6. The molecule has 2 saturated heterocycles. The van der Waals surface area contributed by atoms with Crippen LogP contribution in [-0.4, -0.2) is 140 Å². The molecule has 2 rings (SSSR count). The Bertz CT molecular complexity index is 1640. The van der Waals surface area contributed by atoms with Gasteiger partial charge in [0.1, 0.15) is 48.8 Å². The Morgan fingerprint density at radius 3 is 1.07 bits per heavy atom. The van der Waals surface area contributed by atoms with E-state index in [0.717, 1.165) is 32.1 Å². The molecule has 92 heavy (non-hydrogen) atoms. The number of aliphatic hydroxyl groups excluding tert-OH is 8. The maximum atomic E-state index is 13.4. The monoisotopic (exact) mass is 1310 g/mol. The zero-order valence-electron chi connectivity index (χ0n) is 59.6. The van der Waals surface area contributed by atoms with E-state index >= 15 is 0 Å². The normalized spacial score (nSPS) is 22.7. The van der Waals surface area contributed by atoms with E-state index in [1.807, 2.05) is 6.08 Å². The van der Waals surface area contributed by atoms with Gasteiger partial charge in [0, 0.05) is 6.42 Å². The maximum Gasteiger partial charge on any atom is 0.220 e. The summed E-state index contributed by atoms with van der Waals surface area (Å²) in [4.78, 5) is 13.4. The van der Waals surface area contributed by atoms with Crippen LogP contribution in [0.1, 0.15) is 373 Å². The first-order chi connectivity index (χ1) is 45.1. The van der Waals surface area contributed by atoms with Crippen LogP contribution in [0.15, 0.2) is 24.3 Å². The van der Waals surface area contributed by atoms with Crippen LogP contribution < -0.4 is 5.32 Å². The average molecular weight is 1310 g/mol. The Morgan fingerprint density at radius 1 is 0.380 bits per heavy atom. The first-order valence-electron chi connectivity index (χ1n) is 39.6. The van der Waals surface area contributed by atoms with Gasteiger partial charge >= 0.3 is 0 Å². The quantitative estimate of drug-likeness (QED) is 0.0204. The number of hydrogen-bond acceptors (Lipinski definition) is 13. The van der Waals surface area contributed by atoms with Crippen molar-refractivity contribution in [2.24, 2.45) is 0 Å². The zero-order chi connectivity index (χ0) is 66.6. The summed E-state index contributed by atoms with van der Waals surface area (Å²) < 4.78 is 22.9. The number of aliphatic hydroxyl groups is 8. The number of carbonyl (C=O) groups is 1. The van der Waals surface area contributed by atoms with Crippen LogP contribution in [0.4, 0.5) is 0 Å². The van der Waals surface area contributed by atoms with Crippen molar-refractivity contribution in [2.75, 3.05) is 19.8 Å². The second kappa shape index (κ2) is 63.0. The summed E-state index contributed by atoms with van der Waals surface area (Å²) in [6.07, 6.45) is 64.3. The number of ether oxygens (including phenoxy) is 4. The second-order valence-electron chi connectivity index (χ2n) is 28.2. The van der Waals surface area contributed by atoms with Crippen molar-refractivity contribution in [1.82, 2.24) is 5.32 Å². The van der Waals surface area contributed by atoms with Gasteiger partial charge in [0.2, 0.25) is 5.91 Å². The van der Waals surface area contributed by atoms with Crippen LogP contribution in [0.25, 0.3) is 0 Å². The number of allylic oxidation sites excluding steroid dienone is 3. The van der Waals surface area contributed by atoms with Crippen molar-refractivity contribution in [3.8, 4) is 0 Å². The molecular formula is C78H149NO13. The van der Waals surface area contributed by atoms with Crippen molar-refractivity contribution in [3.05, 3.63) is 24.3 Å². The van der Waals surface area contributed by atoms with Crippen LogP contribution >= 0.6 is 0 Å². The minimum absolute atomic E-state index is 0.240. The summed E-state index contributed by atoms with van der Waals surface area (Å²) in [7, 11) is 0. The fourth-order valence-corrected chi connectivity index (χ4v) is 13.4. The van der Waals surface area contributed by atoms with E-state index in [1.165, 1.54) is 308 Å². The van der Waals surface area contributed by atoms with Crippen molar-refractivity contribution in [3.63, 3.8) is 0 Å². The zero-order valence-corrected chi connectivity index (χ0v) is 59.6. The predicted octanol–water partition coefficient (Wildman–Crippen LogP) is 17.5. The van der Waals surface area contributed by atoms with Crippen LogP contribution in [0.5, 0.6) is 0 Å². The van der Waals surface area contributed by atoms with Crippen LogP contribution in [0.2, 0.25) is 0 Å². The van der Waals surface area contributed by atoms with Crippen LogP contribution in [0, 0.1) is 0 Å². The van der Waals surface area contributed by atoms with Crippen LogP contribution in [-0.2, 0) is 23.7 Å². The van der Waals surface area contributed by atoms with Gasteiger partial charge in [0.15, 0.2) is 12.6 Å². The number of amides is 1. The SMILES string of the molecule is CCCCCCCCCCCCCCCC/C=C/CC/C=C/C(O)C(COC1OC(CO)C(OC2OC(CO)C(O)C(O)C2O)C(O)C1O)NC(=O)CCCCCCCCCCCCCCCCCCCCCCCCCCCCCCCCCCCCCCCC. The number of nitrogens with one attached hydrogen (secondary N) is 1. The largest absolute Gasteiger partial charge is 0.394 e. The van der Waals surface area contributed by atoms with Gasteiger partial charge in [-0.05, 0) is 32.1 Å². The van der Waals surface area contributed by atoms with E-state index in [-0.39, 0.29) is 18.9 Å². The average Bonchev–Trinajstić information content (AvgIpc) is 0.832. The molecule has 2 fully saturated rings. The van der Waals surface area contributed by atoms with Crippen molar-refractivity contribution >= 4 is 5.91 Å². The standard InChI is InChI=1S/C78H149NO13/c1-3-5-7-9-11-13-15-17-19-21-23-25-26-27-28-29-30-31-32-33-34-35-36-37-38-39-40-41-42-44-46-48-50-52-54-56-58-60-62-70(83)79-66(67(82)61-59-57-55-53-51-49-47-45-43-24-22-20-18-16-14-12-10-8-6-4-2)65-89-77-75(88)73(86)76(69(64-81)91-77)92-78-74(87)72(85)71(84)68(63-80)90-78/h51,53,59,61,66-69,71-78,80-82,84-88H,3-50,52,54-58,60,62-65H2,1-2H3,(H,79,83)/b53-51+,61-59+. The molecule has 14 nitrogen and oxygen atoms in total. The minimum Gasteiger partial charge on any atom is -0.394 e. The number of rotatable bonds is 67. The highest BCUT2D eigenvalue weighted by molar-refractivity contribution is 5.76. The Hall–Kier alpha value is -1.53. The van der Waals surface area contributed by atoms with Crippen molar-refractivity contribution < 1.29 is 64.6 Å². The van der Waals surface area contributed by atoms with Crippen molar-refractivity contribution in [1.29, 1.82) is 0 Å². The van der Waals surface area contributed by atoms with E-state index in [0.29, 0.717) is 12.8 Å². The van der Waals surface area contributed by atoms with E-state index in [1.54, 1.807) is 6.08 Å². The lowest BCUT2D eigenvalue weighted by atomic mass is 9.97. The van der Waals surface area contributed by atoms with E-state index in [2.05, 4.69) is 31.3 Å². The molecule has 0 spiro atoms. The highest BCUT2D eigenvalue weighted by Gasteiger charge is 2.51. The smallest absolute Gasteiger partial charge is 0.220 e. The lowest BCUT2D eigenvalue weighted by Gasteiger charge is -2.46. The molecule has 544 valence electrons. The van der Waals surface area contributed by atoms with Crippen molar-refractivity contribution in [2.45, 2.75) is 447 Å². The molecule has 0 bridgehead atoms. The topological polar surface area (TPSA) is 228 Å². The van der Waals surface area contributed by atoms with Gasteiger partial charge in [-0.3, -0.25) is 4.79 Å². The minimum atomic E-state index is -1.79. The van der Waals surface area contributed by atoms with Gasteiger partial charge in [-0.25, -0.2) is 0 Å². The second-order valence-corrected chi connectivity index (χ2v) is 28.2. The Balaban J connectivity index is 1.58. The molecule has 0 aromatic heterocycles. The number of carbonyl (C=O) groups excluding carboxylic acids is 1. The van der Waals surface area contributed by atoms with Gasteiger partial charge in [-0.15, -0.1) is 0 Å². The molecule has 2 aliphatic rings. The Labute approximate surface area is 564 Å². The summed E-state index contributed by atoms with van der Waals surface area (Å²) in [5, 5.41) is 87.5. The van der Waals surface area contributed by atoms with Gasteiger partial charge < -0.3 is 65.1 Å². The summed E-state index contributed by atoms with van der Waals surface area (Å²) in [5.74, 6) is -0.240. The molecule has 0 saturated carbocycles. The Morgan fingerprint density at radius 2 is 0.696 bits per heavy atom. The molecule has 14 heteroatoms. The number of unbranched alkanes of at least 4 members (excludes halogenated alkanes) is 52. The van der Waals surface area contributed by atoms with E-state index < -0.39 is 86.8 Å².